The van der Waals surface area contributed by atoms with Gasteiger partial charge in [-0.2, -0.15) is 21.6 Å². The highest BCUT2D eigenvalue weighted by Crippen LogP contribution is 2.39. The van der Waals surface area contributed by atoms with Crippen molar-refractivity contribution in [2.75, 3.05) is 13.2 Å². The Balaban J connectivity index is 2.77. The smallest absolute Gasteiger partial charge is 0.411 e. The highest BCUT2D eigenvalue weighted by Gasteiger charge is 2.48. The normalized spacial score (nSPS) is 24.7. The fourth-order valence-electron chi connectivity index (χ4n) is 1.88. The van der Waals surface area contributed by atoms with Crippen LogP contribution in [0, 0.1) is 0 Å². The maximum Gasteiger partial charge on any atom is 0.523 e. The van der Waals surface area contributed by atoms with Crippen LogP contribution in [0.2, 0.25) is 18.1 Å². The first-order valence-corrected chi connectivity index (χ1v) is 11.7. The Labute approximate surface area is 136 Å². The maximum absolute atomic E-state index is 12.3. The Morgan fingerprint density at radius 1 is 1.22 bits per heavy atom. The molecule has 138 valence electrons. The summed E-state index contributed by atoms with van der Waals surface area (Å²) in [4.78, 5) is 0. The van der Waals surface area contributed by atoms with E-state index in [1.165, 1.54) is 0 Å². The van der Waals surface area contributed by atoms with Crippen LogP contribution in [0.5, 0.6) is 0 Å². The third-order valence-electron chi connectivity index (χ3n) is 4.30. The van der Waals surface area contributed by atoms with Gasteiger partial charge in [-0.05, 0) is 31.0 Å². The first-order valence-electron chi connectivity index (χ1n) is 7.42. The minimum atomic E-state index is -5.62. The van der Waals surface area contributed by atoms with Gasteiger partial charge in [-0.15, -0.1) is 0 Å². The zero-order chi connectivity index (χ0) is 18.1. The summed E-state index contributed by atoms with van der Waals surface area (Å²) in [5.41, 5.74) is -5.43. The molecule has 5 nitrogen and oxygen atoms in total. The van der Waals surface area contributed by atoms with Gasteiger partial charge in [0.25, 0.3) is 0 Å². The average molecular weight is 378 g/mol. The maximum atomic E-state index is 12.3. The fourth-order valence-corrected chi connectivity index (χ4v) is 3.71. The monoisotopic (exact) mass is 378 g/mol. The summed E-state index contributed by atoms with van der Waals surface area (Å²) in [6.07, 6.45) is 0.0251. The second-order valence-corrected chi connectivity index (χ2v) is 13.5. The molecule has 1 heterocycles. The summed E-state index contributed by atoms with van der Waals surface area (Å²) in [6.45, 7) is 9.82. The molecule has 1 aliphatic rings. The zero-order valence-corrected chi connectivity index (χ0v) is 15.9. The van der Waals surface area contributed by atoms with Crippen molar-refractivity contribution in [1.82, 2.24) is 0 Å². The van der Waals surface area contributed by atoms with E-state index in [1.807, 2.05) is 33.9 Å². The van der Waals surface area contributed by atoms with Crippen molar-refractivity contribution in [3.63, 3.8) is 0 Å². The van der Waals surface area contributed by atoms with Crippen LogP contribution in [0.1, 0.15) is 33.6 Å². The summed E-state index contributed by atoms with van der Waals surface area (Å²) in [6, 6.07) is 0. The molecule has 0 aliphatic carbocycles. The van der Waals surface area contributed by atoms with Crippen molar-refractivity contribution >= 4 is 18.4 Å². The number of ether oxygens (including phenoxy) is 1. The van der Waals surface area contributed by atoms with Crippen LogP contribution in [0.3, 0.4) is 0 Å². The molecule has 0 saturated carbocycles. The summed E-state index contributed by atoms with van der Waals surface area (Å²) in [7, 11) is -7.77. The quantitative estimate of drug-likeness (QED) is 0.417. The number of alkyl halides is 3. The molecule has 1 rings (SSSR count). The summed E-state index contributed by atoms with van der Waals surface area (Å²) >= 11 is 0. The molecule has 0 bridgehead atoms. The molecule has 0 N–H and O–H groups in total. The molecular weight excluding hydrogens is 353 g/mol. The predicted molar refractivity (Wildman–Crippen MR) is 82.0 cm³/mol. The van der Waals surface area contributed by atoms with Crippen molar-refractivity contribution in [1.29, 1.82) is 0 Å². The number of halogens is 3. The van der Waals surface area contributed by atoms with E-state index >= 15 is 0 Å². The molecule has 0 spiro atoms. The van der Waals surface area contributed by atoms with Gasteiger partial charge < -0.3 is 9.16 Å². The lowest BCUT2D eigenvalue weighted by Crippen LogP contribution is -2.50. The van der Waals surface area contributed by atoms with Crippen LogP contribution in [-0.4, -0.2) is 47.7 Å². The molecule has 0 unspecified atom stereocenters. The molecule has 0 amide bonds. The topological polar surface area (TPSA) is 61.8 Å². The van der Waals surface area contributed by atoms with Gasteiger partial charge in [0.15, 0.2) is 8.32 Å². The molecule has 10 heteroatoms. The van der Waals surface area contributed by atoms with Crippen molar-refractivity contribution in [3.8, 4) is 0 Å². The van der Waals surface area contributed by atoms with Gasteiger partial charge in [-0.25, -0.2) is 0 Å². The van der Waals surface area contributed by atoms with E-state index in [9.17, 15) is 21.6 Å². The lowest BCUT2D eigenvalue weighted by Gasteiger charge is -2.42. The van der Waals surface area contributed by atoms with Crippen molar-refractivity contribution in [2.24, 2.45) is 0 Å². The summed E-state index contributed by atoms with van der Waals surface area (Å²) in [5, 5.41) is -0.0755. The van der Waals surface area contributed by atoms with Crippen LogP contribution in [0.4, 0.5) is 13.2 Å². The van der Waals surface area contributed by atoms with E-state index in [0.29, 0.717) is 19.4 Å². The molecule has 1 aliphatic heterocycles. The van der Waals surface area contributed by atoms with E-state index in [4.69, 9.17) is 9.16 Å². The Hall–Kier alpha value is -0.163. The minimum absolute atomic E-state index is 0.0755. The first kappa shape index (κ1) is 20.9. The minimum Gasteiger partial charge on any atom is -0.411 e. The third kappa shape index (κ3) is 5.41. The molecular formula is C13H25F3O5SSi. The number of rotatable bonds is 5. The van der Waals surface area contributed by atoms with Gasteiger partial charge in [-0.3, -0.25) is 4.18 Å². The van der Waals surface area contributed by atoms with Gasteiger partial charge in [0.2, 0.25) is 0 Å². The number of hydrogen-bond donors (Lipinski definition) is 0. The lowest BCUT2D eigenvalue weighted by molar-refractivity contribution is -0.0920. The molecule has 2 atom stereocenters. The molecule has 0 radical (unpaired) electrons. The van der Waals surface area contributed by atoms with Crippen LogP contribution in [-0.2, 0) is 23.5 Å². The lowest BCUT2D eigenvalue weighted by atomic mass is 10.1. The molecule has 0 aromatic carbocycles. The van der Waals surface area contributed by atoms with Gasteiger partial charge >= 0.3 is 15.6 Å². The van der Waals surface area contributed by atoms with Crippen molar-refractivity contribution in [2.45, 2.75) is 69.5 Å². The molecule has 0 aromatic heterocycles. The second-order valence-electron chi connectivity index (χ2n) is 7.15. The van der Waals surface area contributed by atoms with E-state index in [2.05, 4.69) is 4.18 Å². The molecule has 0 aromatic rings. The third-order valence-corrected chi connectivity index (χ3v) is 9.82. The van der Waals surface area contributed by atoms with Gasteiger partial charge in [0, 0.05) is 6.61 Å². The fraction of sp³-hybridized carbons (Fsp3) is 1.00. The van der Waals surface area contributed by atoms with Crippen molar-refractivity contribution < 1.29 is 34.9 Å². The predicted octanol–water partition coefficient (Wildman–Crippen LogP) is 3.42. The standard InChI is InChI=1S/C13H25F3O5SSi/c1-12(2,3)23(4,5)21-10-7-6-8-19-11(10)9-20-22(17,18)13(14,15)16/h10-11H,6-9H2,1-5H3/t10-,11+/m1/s1. The van der Waals surface area contributed by atoms with Gasteiger partial charge in [-0.1, -0.05) is 20.8 Å². The summed E-state index contributed by atoms with van der Waals surface area (Å²) in [5.74, 6) is 0. The van der Waals surface area contributed by atoms with Gasteiger partial charge in [0.05, 0.1) is 12.7 Å². The van der Waals surface area contributed by atoms with E-state index < -0.39 is 42.8 Å². The molecule has 23 heavy (non-hydrogen) atoms. The Bertz CT molecular complexity index is 499. The van der Waals surface area contributed by atoms with Crippen LogP contribution in [0.25, 0.3) is 0 Å². The van der Waals surface area contributed by atoms with Crippen LogP contribution in [0.15, 0.2) is 0 Å². The average Bonchev–Trinajstić information content (AvgIpc) is 2.34. The SMILES string of the molecule is CC(C)(C)[Si](C)(C)O[C@@H]1CCCO[C@H]1COS(=O)(=O)C(F)(F)F. The van der Waals surface area contributed by atoms with Crippen LogP contribution >= 0.6 is 0 Å². The Morgan fingerprint density at radius 3 is 2.26 bits per heavy atom. The largest absolute Gasteiger partial charge is 0.523 e. The highest BCUT2D eigenvalue weighted by atomic mass is 32.2. The van der Waals surface area contributed by atoms with Gasteiger partial charge in [0.1, 0.15) is 6.10 Å². The van der Waals surface area contributed by atoms with E-state index in [1.54, 1.807) is 0 Å². The van der Waals surface area contributed by atoms with Crippen LogP contribution < -0.4 is 0 Å². The highest BCUT2D eigenvalue weighted by molar-refractivity contribution is 7.87. The second kappa shape index (κ2) is 6.99. The van der Waals surface area contributed by atoms with E-state index in [-0.39, 0.29) is 5.04 Å². The first-order chi connectivity index (χ1) is 10.2. The number of hydrogen-bond acceptors (Lipinski definition) is 5. The summed E-state index contributed by atoms with van der Waals surface area (Å²) < 4.78 is 74.7. The Morgan fingerprint density at radius 2 is 1.78 bits per heavy atom. The van der Waals surface area contributed by atoms with E-state index in [0.717, 1.165) is 0 Å². The van der Waals surface area contributed by atoms with Crippen molar-refractivity contribution in [3.05, 3.63) is 0 Å². The Kier molecular flexibility index (Phi) is 6.34. The zero-order valence-electron chi connectivity index (χ0n) is 14.1. The molecule has 1 saturated heterocycles. The molecule has 1 fully saturated rings.